The Balaban J connectivity index is 2.02. The number of likely N-dealkylation sites (tertiary alicyclic amines) is 1. The van der Waals surface area contributed by atoms with Gasteiger partial charge in [-0.05, 0) is 23.8 Å². The van der Waals surface area contributed by atoms with Gasteiger partial charge < -0.3 is 15.0 Å². The van der Waals surface area contributed by atoms with Gasteiger partial charge >= 0.3 is 12.0 Å². The summed E-state index contributed by atoms with van der Waals surface area (Å²) in [6.45, 7) is 5.76. The van der Waals surface area contributed by atoms with Gasteiger partial charge in [0.2, 0.25) is 0 Å². The molecule has 0 radical (unpaired) electrons. The first-order valence-electron chi connectivity index (χ1n) is 8.16. The summed E-state index contributed by atoms with van der Waals surface area (Å²) >= 11 is 0. The Hall–Kier alpha value is -2.04. The Morgan fingerprint density at radius 3 is 2.39 bits per heavy atom. The van der Waals surface area contributed by atoms with Crippen molar-refractivity contribution >= 4 is 12.0 Å². The van der Waals surface area contributed by atoms with Gasteiger partial charge in [0, 0.05) is 19.5 Å². The minimum absolute atomic E-state index is 0.185. The zero-order chi connectivity index (χ0) is 16.8. The van der Waals surface area contributed by atoms with E-state index in [9.17, 15) is 9.59 Å². The smallest absolute Gasteiger partial charge is 0.328 e. The van der Waals surface area contributed by atoms with Crippen LogP contribution in [-0.2, 0) is 16.0 Å². The van der Waals surface area contributed by atoms with Gasteiger partial charge in [0.15, 0.2) is 0 Å². The van der Waals surface area contributed by atoms with Crippen LogP contribution in [0.25, 0.3) is 0 Å². The lowest BCUT2D eigenvalue weighted by Crippen LogP contribution is -2.52. The van der Waals surface area contributed by atoms with Crippen LogP contribution in [0.3, 0.4) is 0 Å². The molecule has 0 unspecified atom stereocenters. The molecular formula is C18H26N2O3. The first-order valence-corrected chi connectivity index (χ1v) is 8.16. The molecule has 23 heavy (non-hydrogen) atoms. The summed E-state index contributed by atoms with van der Waals surface area (Å²) in [6.07, 6.45) is 1.56. The molecule has 0 bridgehead atoms. The zero-order valence-corrected chi connectivity index (χ0v) is 14.1. The quantitative estimate of drug-likeness (QED) is 0.868. The Bertz CT molecular complexity index is 522. The highest BCUT2D eigenvalue weighted by atomic mass is 16.5. The first kappa shape index (κ1) is 17.3. The second kappa shape index (κ2) is 7.99. The van der Waals surface area contributed by atoms with Crippen LogP contribution in [-0.4, -0.2) is 43.1 Å². The molecule has 1 heterocycles. The van der Waals surface area contributed by atoms with Crippen molar-refractivity contribution in [1.29, 1.82) is 0 Å². The second-order valence-electron chi connectivity index (χ2n) is 6.57. The predicted octanol–water partition coefficient (Wildman–Crippen LogP) is 2.46. The maximum Gasteiger partial charge on any atom is 0.328 e. The van der Waals surface area contributed by atoms with Crippen molar-refractivity contribution in [3.8, 4) is 0 Å². The van der Waals surface area contributed by atoms with E-state index in [1.165, 1.54) is 7.11 Å². The van der Waals surface area contributed by atoms with Crippen molar-refractivity contribution in [1.82, 2.24) is 10.2 Å². The summed E-state index contributed by atoms with van der Waals surface area (Å²) in [5, 5.41) is 2.84. The van der Waals surface area contributed by atoms with Gasteiger partial charge in [-0.1, -0.05) is 44.2 Å². The van der Waals surface area contributed by atoms with Crippen LogP contribution < -0.4 is 5.32 Å². The summed E-state index contributed by atoms with van der Waals surface area (Å²) in [7, 11) is 1.34. The van der Waals surface area contributed by atoms with Crippen molar-refractivity contribution < 1.29 is 14.3 Å². The van der Waals surface area contributed by atoms with Crippen molar-refractivity contribution in [3.05, 3.63) is 35.9 Å². The van der Waals surface area contributed by atoms with E-state index in [0.717, 1.165) is 25.1 Å². The molecule has 1 aromatic carbocycles. The number of rotatable bonds is 4. The maximum absolute atomic E-state index is 12.5. The number of piperidine rings is 1. The van der Waals surface area contributed by atoms with E-state index in [1.54, 1.807) is 4.90 Å². The first-order chi connectivity index (χ1) is 11.0. The van der Waals surface area contributed by atoms with Crippen molar-refractivity contribution in [2.24, 2.45) is 11.8 Å². The molecule has 0 spiro atoms. The standard InChI is InChI=1S/C18H26N2O3/c1-13-9-14(2)12-20(11-13)18(22)19-16(17(21)23-3)10-15-7-5-4-6-8-15/h4-8,13-14,16H,9-12H2,1-3H3,(H,19,22)/t13-,14-,16+/m1/s1. The van der Waals surface area contributed by atoms with Crippen molar-refractivity contribution in [2.45, 2.75) is 32.7 Å². The third kappa shape index (κ3) is 4.98. The molecule has 5 nitrogen and oxygen atoms in total. The van der Waals surface area contributed by atoms with E-state index in [0.29, 0.717) is 18.3 Å². The van der Waals surface area contributed by atoms with E-state index in [-0.39, 0.29) is 6.03 Å². The van der Waals surface area contributed by atoms with Gasteiger partial charge in [-0.2, -0.15) is 0 Å². The molecule has 1 saturated heterocycles. The summed E-state index contributed by atoms with van der Waals surface area (Å²) in [6, 6.07) is 8.78. The number of carbonyl (C=O) groups is 2. The van der Waals surface area contributed by atoms with Crippen LogP contribution in [0.5, 0.6) is 0 Å². The number of urea groups is 1. The van der Waals surface area contributed by atoms with Gasteiger partial charge in [0.05, 0.1) is 7.11 Å². The lowest BCUT2D eigenvalue weighted by Gasteiger charge is -2.35. The SMILES string of the molecule is COC(=O)[C@H](Cc1ccccc1)NC(=O)N1C[C@H](C)C[C@@H](C)C1. The number of ether oxygens (including phenoxy) is 1. The maximum atomic E-state index is 12.5. The van der Waals surface area contributed by atoms with Gasteiger partial charge in [-0.25, -0.2) is 9.59 Å². The molecule has 2 amide bonds. The van der Waals surface area contributed by atoms with Gasteiger partial charge in [0.1, 0.15) is 6.04 Å². The highest BCUT2D eigenvalue weighted by molar-refractivity contribution is 5.83. The number of esters is 1. The van der Waals surface area contributed by atoms with Crippen LogP contribution in [0.4, 0.5) is 4.79 Å². The topological polar surface area (TPSA) is 58.6 Å². The normalized spacial score (nSPS) is 22.3. The van der Waals surface area contributed by atoms with Crippen LogP contribution in [0, 0.1) is 11.8 Å². The highest BCUT2D eigenvalue weighted by Crippen LogP contribution is 2.21. The Morgan fingerprint density at radius 1 is 1.22 bits per heavy atom. The molecule has 0 aliphatic carbocycles. The van der Waals surface area contributed by atoms with Crippen LogP contribution >= 0.6 is 0 Å². The fourth-order valence-corrected chi connectivity index (χ4v) is 3.25. The molecule has 1 aliphatic heterocycles. The van der Waals surface area contributed by atoms with Gasteiger partial charge in [-0.15, -0.1) is 0 Å². The number of benzene rings is 1. The van der Waals surface area contributed by atoms with Gasteiger partial charge in [-0.3, -0.25) is 0 Å². The fraction of sp³-hybridized carbons (Fsp3) is 0.556. The summed E-state index contributed by atoms with van der Waals surface area (Å²) < 4.78 is 4.84. The molecule has 126 valence electrons. The minimum Gasteiger partial charge on any atom is -0.467 e. The number of nitrogens with zero attached hydrogens (tertiary/aromatic N) is 1. The monoisotopic (exact) mass is 318 g/mol. The minimum atomic E-state index is -0.664. The summed E-state index contributed by atoms with van der Waals surface area (Å²) in [5.74, 6) is 0.547. The average Bonchev–Trinajstić information content (AvgIpc) is 2.53. The number of nitrogens with one attached hydrogen (secondary N) is 1. The number of hydrogen-bond donors (Lipinski definition) is 1. The number of amides is 2. The van der Waals surface area contributed by atoms with Crippen molar-refractivity contribution in [3.63, 3.8) is 0 Å². The van der Waals surface area contributed by atoms with E-state index in [1.807, 2.05) is 30.3 Å². The number of hydrogen-bond acceptors (Lipinski definition) is 3. The molecule has 1 aromatic rings. The Morgan fingerprint density at radius 2 is 1.83 bits per heavy atom. The largest absolute Gasteiger partial charge is 0.467 e. The second-order valence-corrected chi connectivity index (χ2v) is 6.57. The molecule has 1 fully saturated rings. The molecule has 3 atom stereocenters. The molecule has 1 aliphatic rings. The fourth-order valence-electron chi connectivity index (χ4n) is 3.25. The van der Waals surface area contributed by atoms with E-state index in [4.69, 9.17) is 4.74 Å². The van der Waals surface area contributed by atoms with Crippen LogP contribution in [0.15, 0.2) is 30.3 Å². The Kier molecular flexibility index (Phi) is 6.02. The summed E-state index contributed by atoms with van der Waals surface area (Å²) in [5.41, 5.74) is 0.989. The summed E-state index contributed by atoms with van der Waals surface area (Å²) in [4.78, 5) is 26.3. The third-order valence-electron chi connectivity index (χ3n) is 4.22. The zero-order valence-electron chi connectivity index (χ0n) is 14.1. The lowest BCUT2D eigenvalue weighted by molar-refractivity contribution is -0.142. The van der Waals surface area contributed by atoms with Crippen molar-refractivity contribution in [2.75, 3.05) is 20.2 Å². The highest BCUT2D eigenvalue weighted by Gasteiger charge is 2.29. The van der Waals surface area contributed by atoms with Crippen LogP contribution in [0.1, 0.15) is 25.8 Å². The number of carbonyl (C=O) groups excluding carboxylic acids is 2. The molecule has 0 saturated carbocycles. The van der Waals surface area contributed by atoms with Crippen LogP contribution in [0.2, 0.25) is 0 Å². The molecule has 1 N–H and O–H groups in total. The molecular weight excluding hydrogens is 292 g/mol. The molecule has 0 aromatic heterocycles. The van der Waals surface area contributed by atoms with E-state index in [2.05, 4.69) is 19.2 Å². The molecule has 2 rings (SSSR count). The van der Waals surface area contributed by atoms with E-state index >= 15 is 0 Å². The van der Waals surface area contributed by atoms with Gasteiger partial charge in [0.25, 0.3) is 0 Å². The average molecular weight is 318 g/mol. The number of methoxy groups -OCH3 is 1. The third-order valence-corrected chi connectivity index (χ3v) is 4.22. The van der Waals surface area contributed by atoms with E-state index < -0.39 is 12.0 Å². The lowest BCUT2D eigenvalue weighted by atomic mass is 9.92. The molecule has 5 heteroatoms. The predicted molar refractivity (Wildman–Crippen MR) is 89.0 cm³/mol. The Labute approximate surface area is 138 Å².